The number of nitrogens with zero attached hydrogens (tertiary/aromatic N) is 3. The van der Waals surface area contributed by atoms with E-state index in [4.69, 9.17) is 0 Å². The second-order valence-corrected chi connectivity index (χ2v) is 12.8. The largest absolute Gasteiger partial charge is 0.374 e. The lowest BCUT2D eigenvalue weighted by molar-refractivity contribution is 0.409. The van der Waals surface area contributed by atoms with Crippen LogP contribution in [-0.4, -0.2) is 35.7 Å². The van der Waals surface area contributed by atoms with Crippen LogP contribution in [0.1, 0.15) is 17.5 Å². The molecule has 1 aromatic heterocycles. The molecule has 4 heteroatoms. The van der Waals surface area contributed by atoms with Gasteiger partial charge in [0.2, 0.25) is 0 Å². The molecule has 6 aliphatic rings. The average molecular weight is 585 g/mol. The first-order valence-corrected chi connectivity index (χ1v) is 16.2. The fraction of sp³-hybridized carbons (Fsp3) is 0.195. The minimum Gasteiger partial charge on any atom is -0.374 e. The van der Waals surface area contributed by atoms with Crippen molar-refractivity contribution in [2.75, 3.05) is 23.4 Å². The molecule has 3 aromatic rings. The van der Waals surface area contributed by atoms with Crippen molar-refractivity contribution < 1.29 is 0 Å². The van der Waals surface area contributed by atoms with Gasteiger partial charge in [0.25, 0.3) is 0 Å². The van der Waals surface area contributed by atoms with Gasteiger partial charge >= 0.3 is 0 Å². The predicted octanol–water partition coefficient (Wildman–Crippen LogP) is 8.33. The van der Waals surface area contributed by atoms with E-state index in [9.17, 15) is 0 Å². The van der Waals surface area contributed by atoms with Crippen molar-refractivity contribution in [2.45, 2.75) is 25.0 Å². The van der Waals surface area contributed by atoms with Gasteiger partial charge in [0.1, 0.15) is 6.17 Å². The highest BCUT2D eigenvalue weighted by atomic mass is 15.4. The van der Waals surface area contributed by atoms with Crippen molar-refractivity contribution in [2.24, 2.45) is 11.8 Å². The van der Waals surface area contributed by atoms with E-state index in [1.54, 1.807) is 0 Å². The van der Waals surface area contributed by atoms with Gasteiger partial charge in [-0.1, -0.05) is 72.9 Å². The maximum Gasteiger partial charge on any atom is 0.111 e. The highest BCUT2D eigenvalue weighted by Crippen LogP contribution is 2.48. The number of fused-ring (bicyclic) bond motifs is 6. The van der Waals surface area contributed by atoms with Crippen LogP contribution in [0.4, 0.5) is 11.4 Å². The summed E-state index contributed by atoms with van der Waals surface area (Å²) >= 11 is 0. The minimum atomic E-state index is 0.145. The Morgan fingerprint density at radius 3 is 2.73 bits per heavy atom. The first kappa shape index (κ1) is 26.2. The molecule has 4 nitrogen and oxygen atoms in total. The Kier molecular flexibility index (Phi) is 6.11. The quantitative estimate of drug-likeness (QED) is 0.312. The van der Waals surface area contributed by atoms with Crippen LogP contribution in [-0.2, 0) is 6.42 Å². The molecule has 4 unspecified atom stereocenters. The third-order valence-corrected chi connectivity index (χ3v) is 10.2. The van der Waals surface area contributed by atoms with Crippen molar-refractivity contribution in [1.82, 2.24) is 9.88 Å². The van der Waals surface area contributed by atoms with Crippen LogP contribution in [0.5, 0.6) is 0 Å². The molecule has 0 fully saturated rings. The smallest absolute Gasteiger partial charge is 0.111 e. The first-order valence-electron chi connectivity index (χ1n) is 16.2. The second-order valence-electron chi connectivity index (χ2n) is 12.8. The number of H-pyrrole nitrogens is 1. The van der Waals surface area contributed by atoms with E-state index in [2.05, 4.69) is 160 Å². The van der Waals surface area contributed by atoms with Gasteiger partial charge in [-0.3, -0.25) is 0 Å². The monoisotopic (exact) mass is 584 g/mol. The maximum atomic E-state index is 3.50. The van der Waals surface area contributed by atoms with Crippen LogP contribution in [0, 0.1) is 11.8 Å². The number of anilines is 2. The van der Waals surface area contributed by atoms with E-state index >= 15 is 0 Å². The Morgan fingerprint density at radius 2 is 1.82 bits per heavy atom. The van der Waals surface area contributed by atoms with Crippen molar-refractivity contribution >= 4 is 16.9 Å². The molecule has 4 atom stereocenters. The number of benzene rings is 2. The summed E-state index contributed by atoms with van der Waals surface area (Å²) in [7, 11) is 2.20. The van der Waals surface area contributed by atoms with Gasteiger partial charge in [0, 0.05) is 72.5 Å². The van der Waals surface area contributed by atoms with Crippen LogP contribution in [0.2, 0.25) is 0 Å². The van der Waals surface area contributed by atoms with Crippen LogP contribution in [0.25, 0.3) is 16.8 Å². The maximum absolute atomic E-state index is 3.50. The fourth-order valence-corrected chi connectivity index (χ4v) is 8.11. The second kappa shape index (κ2) is 10.5. The molecule has 0 bridgehead atoms. The highest BCUT2D eigenvalue weighted by Gasteiger charge is 2.45. The van der Waals surface area contributed by atoms with Gasteiger partial charge in [0.15, 0.2) is 0 Å². The summed E-state index contributed by atoms with van der Waals surface area (Å²) in [6.07, 6.45) is 31.7. The third kappa shape index (κ3) is 4.29. The highest BCUT2D eigenvalue weighted by molar-refractivity contribution is 5.83. The molecule has 45 heavy (non-hydrogen) atoms. The molecule has 3 aliphatic heterocycles. The molecule has 9 rings (SSSR count). The third-order valence-electron chi connectivity index (χ3n) is 10.2. The number of allylic oxidation sites excluding steroid dienone is 9. The van der Waals surface area contributed by atoms with Crippen molar-refractivity contribution in [3.05, 3.63) is 168 Å². The Labute approximate surface area is 265 Å². The number of aromatic amines is 1. The van der Waals surface area contributed by atoms with Crippen molar-refractivity contribution in [3.8, 4) is 11.3 Å². The van der Waals surface area contributed by atoms with Crippen LogP contribution >= 0.6 is 0 Å². The Morgan fingerprint density at radius 1 is 0.911 bits per heavy atom. The van der Waals surface area contributed by atoms with Crippen molar-refractivity contribution in [1.29, 1.82) is 0 Å². The number of likely N-dealkylation sites (N-methyl/N-ethyl adjacent to an activating group) is 1. The normalized spacial score (nSPS) is 25.7. The van der Waals surface area contributed by atoms with Gasteiger partial charge in [-0.05, 0) is 77.2 Å². The summed E-state index contributed by atoms with van der Waals surface area (Å²) < 4.78 is 0. The zero-order valence-corrected chi connectivity index (χ0v) is 25.5. The van der Waals surface area contributed by atoms with E-state index < -0.39 is 0 Å². The molecule has 0 saturated carbocycles. The molecule has 0 spiro atoms. The zero-order valence-electron chi connectivity index (χ0n) is 25.5. The van der Waals surface area contributed by atoms with E-state index in [1.807, 2.05) is 6.20 Å². The standard InChI is InChI=1S/C41H36N4/c1-43-22-7-6-17-37(43)29-13-8-12-28(23-29)31-24-32(36-16-10-21-42-36)26-33(25-31)44-39-19-5-3-14-34(39)35-15-9-20-40(35)45-38-18-4-2-11-30(38)27-41(44)45/h2-8,10-12,14-21,23-26,29,34,39,41-42H,13,22,27H2,1H3. The summed E-state index contributed by atoms with van der Waals surface area (Å²) in [4.78, 5) is 11.2. The number of hydrogen-bond acceptors (Lipinski definition) is 3. The number of nitrogens with one attached hydrogen (secondary N) is 1. The Balaban J connectivity index is 1.21. The lowest BCUT2D eigenvalue weighted by Crippen LogP contribution is -2.51. The van der Waals surface area contributed by atoms with E-state index in [1.165, 1.54) is 50.6 Å². The lowest BCUT2D eigenvalue weighted by atomic mass is 9.85. The van der Waals surface area contributed by atoms with Gasteiger partial charge < -0.3 is 19.7 Å². The molecule has 4 heterocycles. The average Bonchev–Trinajstić information content (AvgIpc) is 3.85. The van der Waals surface area contributed by atoms with Crippen molar-refractivity contribution in [3.63, 3.8) is 0 Å². The molecule has 2 aromatic carbocycles. The van der Waals surface area contributed by atoms with Gasteiger partial charge in [0.05, 0.1) is 11.7 Å². The van der Waals surface area contributed by atoms with Crippen LogP contribution in [0.3, 0.4) is 0 Å². The molecule has 1 N–H and O–H groups in total. The fourth-order valence-electron chi connectivity index (χ4n) is 8.11. The Bertz CT molecular complexity index is 1970. The molecule has 0 amide bonds. The van der Waals surface area contributed by atoms with Gasteiger partial charge in [-0.2, -0.15) is 0 Å². The molecule has 0 saturated heterocycles. The first-order chi connectivity index (χ1) is 22.2. The van der Waals surface area contributed by atoms with E-state index in [0.717, 1.165) is 25.1 Å². The summed E-state index contributed by atoms with van der Waals surface area (Å²) in [6, 6.07) is 20.6. The number of aromatic nitrogens is 1. The van der Waals surface area contributed by atoms with E-state index in [0.29, 0.717) is 5.92 Å². The number of hydrogen-bond donors (Lipinski definition) is 1. The molecule has 3 aliphatic carbocycles. The van der Waals surface area contributed by atoms with Crippen LogP contribution in [0.15, 0.2) is 156 Å². The number of para-hydroxylation sites is 1. The summed E-state index contributed by atoms with van der Waals surface area (Å²) in [5, 5.41) is 0. The lowest BCUT2D eigenvalue weighted by Gasteiger charge is -2.42. The summed E-state index contributed by atoms with van der Waals surface area (Å²) in [5.74, 6) is 0.601. The SMILES string of the molecule is CN1CC=CC=C1C1C=C(c2cc(-c3ccc[nH]3)cc(N3C4C=CC=CC4C4=C(C=C=C4)N4c5ccccc5CC43)c2)C=CC1. The van der Waals surface area contributed by atoms with Gasteiger partial charge in [-0.15, -0.1) is 5.73 Å². The van der Waals surface area contributed by atoms with Gasteiger partial charge in [-0.25, -0.2) is 0 Å². The number of rotatable bonds is 4. The summed E-state index contributed by atoms with van der Waals surface area (Å²) in [5.41, 5.74) is 16.3. The minimum absolute atomic E-state index is 0.145. The topological polar surface area (TPSA) is 25.5 Å². The molecular weight excluding hydrogens is 548 g/mol. The summed E-state index contributed by atoms with van der Waals surface area (Å²) in [6.45, 7) is 0.962. The van der Waals surface area contributed by atoms with Crippen LogP contribution < -0.4 is 9.80 Å². The molecule has 220 valence electrons. The van der Waals surface area contributed by atoms with E-state index in [-0.39, 0.29) is 18.1 Å². The Hall–Kier alpha value is -5.18. The molecule has 0 radical (unpaired) electrons. The zero-order chi connectivity index (χ0) is 29.9. The molecular formula is C41H36N4. The predicted molar refractivity (Wildman–Crippen MR) is 185 cm³/mol.